The highest BCUT2D eigenvalue weighted by Gasteiger charge is 2.50. The molecule has 12 heavy (non-hydrogen) atoms. The first kappa shape index (κ1) is 7.44. The summed E-state index contributed by atoms with van der Waals surface area (Å²) in [6.07, 6.45) is 9.21. The van der Waals surface area contributed by atoms with Crippen molar-refractivity contribution in [2.75, 3.05) is 5.88 Å². The van der Waals surface area contributed by atoms with Crippen LogP contribution in [0.15, 0.2) is 12.2 Å². The standard InChI is InChI=1S/C11H15Cl/c12-6-9-3-4-10-7-1-2-8(5-7)11(9)10/h1-2,7-11H,3-6H2. The molecule has 5 unspecified atom stereocenters. The number of fused-ring (bicyclic) bond motifs is 5. The Morgan fingerprint density at radius 3 is 2.83 bits per heavy atom. The van der Waals surface area contributed by atoms with Gasteiger partial charge in [-0.05, 0) is 48.9 Å². The van der Waals surface area contributed by atoms with Gasteiger partial charge in [0.05, 0.1) is 0 Å². The molecule has 0 spiro atoms. The Morgan fingerprint density at radius 1 is 1.17 bits per heavy atom. The number of hydrogen-bond acceptors (Lipinski definition) is 0. The molecule has 0 nitrogen and oxygen atoms in total. The average Bonchev–Trinajstić information content (AvgIpc) is 2.76. The summed E-state index contributed by atoms with van der Waals surface area (Å²) in [5, 5.41) is 0. The minimum atomic E-state index is 0.844. The van der Waals surface area contributed by atoms with Gasteiger partial charge in [0.25, 0.3) is 0 Å². The molecule has 0 aromatic rings. The number of rotatable bonds is 1. The Bertz CT molecular complexity index is 221. The van der Waals surface area contributed by atoms with E-state index >= 15 is 0 Å². The Balaban J connectivity index is 1.89. The zero-order valence-corrected chi connectivity index (χ0v) is 8.00. The van der Waals surface area contributed by atoms with Crippen LogP contribution in [0.2, 0.25) is 0 Å². The van der Waals surface area contributed by atoms with Gasteiger partial charge in [-0.3, -0.25) is 0 Å². The van der Waals surface area contributed by atoms with Gasteiger partial charge in [-0.15, -0.1) is 11.6 Å². The molecule has 2 fully saturated rings. The second kappa shape index (κ2) is 2.51. The monoisotopic (exact) mass is 182 g/mol. The van der Waals surface area contributed by atoms with Gasteiger partial charge in [0.2, 0.25) is 0 Å². The van der Waals surface area contributed by atoms with Crippen molar-refractivity contribution in [1.29, 1.82) is 0 Å². The molecule has 3 aliphatic rings. The van der Waals surface area contributed by atoms with E-state index < -0.39 is 0 Å². The maximum atomic E-state index is 5.99. The molecular formula is C11H15Cl. The van der Waals surface area contributed by atoms with E-state index in [4.69, 9.17) is 11.6 Å². The van der Waals surface area contributed by atoms with Crippen LogP contribution in [0, 0.1) is 29.6 Å². The van der Waals surface area contributed by atoms with E-state index in [1.807, 2.05) is 0 Å². The molecule has 1 heteroatoms. The van der Waals surface area contributed by atoms with Crippen molar-refractivity contribution < 1.29 is 0 Å². The maximum absolute atomic E-state index is 5.99. The molecule has 0 radical (unpaired) electrons. The molecular weight excluding hydrogens is 168 g/mol. The van der Waals surface area contributed by atoms with Gasteiger partial charge in [-0.1, -0.05) is 12.2 Å². The maximum Gasteiger partial charge on any atom is 0.0254 e. The van der Waals surface area contributed by atoms with E-state index in [-0.39, 0.29) is 0 Å². The predicted octanol–water partition coefficient (Wildman–Crippen LogP) is 3.07. The molecule has 3 aliphatic carbocycles. The lowest BCUT2D eigenvalue weighted by atomic mass is 9.82. The van der Waals surface area contributed by atoms with Gasteiger partial charge in [0, 0.05) is 5.88 Å². The van der Waals surface area contributed by atoms with E-state index in [9.17, 15) is 0 Å². The van der Waals surface area contributed by atoms with Crippen molar-refractivity contribution in [1.82, 2.24) is 0 Å². The van der Waals surface area contributed by atoms with Crippen LogP contribution in [0.3, 0.4) is 0 Å². The predicted molar refractivity (Wildman–Crippen MR) is 51.2 cm³/mol. The quantitative estimate of drug-likeness (QED) is 0.432. The Hall–Kier alpha value is 0.0300. The first-order chi connectivity index (χ1) is 5.90. The molecule has 0 aromatic heterocycles. The van der Waals surface area contributed by atoms with Crippen molar-refractivity contribution in [2.24, 2.45) is 29.6 Å². The van der Waals surface area contributed by atoms with E-state index in [0.29, 0.717) is 0 Å². The summed E-state index contributed by atoms with van der Waals surface area (Å²) in [4.78, 5) is 0. The summed E-state index contributed by atoms with van der Waals surface area (Å²) < 4.78 is 0. The summed E-state index contributed by atoms with van der Waals surface area (Å²) in [6.45, 7) is 0. The summed E-state index contributed by atoms with van der Waals surface area (Å²) in [6, 6.07) is 0. The summed E-state index contributed by atoms with van der Waals surface area (Å²) >= 11 is 5.99. The molecule has 2 bridgehead atoms. The van der Waals surface area contributed by atoms with Crippen LogP contribution in [-0.2, 0) is 0 Å². The minimum Gasteiger partial charge on any atom is -0.126 e. The smallest absolute Gasteiger partial charge is 0.0254 e. The third-order valence-corrected chi connectivity index (χ3v) is 4.70. The van der Waals surface area contributed by atoms with Gasteiger partial charge in [0.15, 0.2) is 0 Å². The first-order valence-corrected chi connectivity index (χ1v) is 5.68. The SMILES string of the molecule is ClCC1CCC2C3C=CC(C3)C12. The lowest BCUT2D eigenvalue weighted by Crippen LogP contribution is -2.20. The summed E-state index contributed by atoms with van der Waals surface area (Å²) in [5.74, 6) is 5.58. The summed E-state index contributed by atoms with van der Waals surface area (Å²) in [5.41, 5.74) is 0. The van der Waals surface area contributed by atoms with Crippen LogP contribution >= 0.6 is 11.6 Å². The molecule has 5 atom stereocenters. The highest BCUT2D eigenvalue weighted by atomic mass is 35.5. The molecule has 66 valence electrons. The Morgan fingerprint density at radius 2 is 2.00 bits per heavy atom. The van der Waals surface area contributed by atoms with Crippen molar-refractivity contribution in [2.45, 2.75) is 19.3 Å². The third-order valence-electron chi connectivity index (χ3n) is 4.30. The Labute approximate surface area is 79.0 Å². The fourth-order valence-corrected chi connectivity index (χ4v) is 4.21. The molecule has 0 aromatic carbocycles. The molecule has 3 rings (SSSR count). The highest BCUT2D eigenvalue weighted by molar-refractivity contribution is 6.18. The van der Waals surface area contributed by atoms with Crippen LogP contribution < -0.4 is 0 Å². The molecule has 0 amide bonds. The van der Waals surface area contributed by atoms with E-state index in [0.717, 1.165) is 35.5 Å². The van der Waals surface area contributed by atoms with Gasteiger partial charge in [-0.25, -0.2) is 0 Å². The van der Waals surface area contributed by atoms with Crippen LogP contribution in [-0.4, -0.2) is 5.88 Å². The van der Waals surface area contributed by atoms with Gasteiger partial charge >= 0.3 is 0 Å². The number of alkyl halides is 1. The number of halogens is 1. The van der Waals surface area contributed by atoms with Crippen LogP contribution in [0.25, 0.3) is 0 Å². The molecule has 2 saturated carbocycles. The van der Waals surface area contributed by atoms with Gasteiger partial charge in [-0.2, -0.15) is 0 Å². The Kier molecular flexibility index (Phi) is 1.55. The third kappa shape index (κ3) is 0.797. The normalized spacial score (nSPS) is 54.9. The second-order valence-corrected chi connectivity index (χ2v) is 4.99. The molecule has 0 aliphatic heterocycles. The van der Waals surface area contributed by atoms with E-state index in [1.165, 1.54) is 19.3 Å². The largest absolute Gasteiger partial charge is 0.126 e. The molecule has 0 heterocycles. The first-order valence-electron chi connectivity index (χ1n) is 5.14. The lowest BCUT2D eigenvalue weighted by Gasteiger charge is -2.24. The number of hydrogen-bond donors (Lipinski definition) is 0. The minimum absolute atomic E-state index is 0.844. The van der Waals surface area contributed by atoms with Crippen LogP contribution in [0.1, 0.15) is 19.3 Å². The van der Waals surface area contributed by atoms with Crippen molar-refractivity contribution in [3.8, 4) is 0 Å². The topological polar surface area (TPSA) is 0 Å². The second-order valence-electron chi connectivity index (χ2n) is 4.68. The van der Waals surface area contributed by atoms with Crippen molar-refractivity contribution in [3.63, 3.8) is 0 Å². The fraction of sp³-hybridized carbons (Fsp3) is 0.818. The zero-order chi connectivity index (χ0) is 8.13. The van der Waals surface area contributed by atoms with E-state index in [2.05, 4.69) is 12.2 Å². The molecule has 0 saturated heterocycles. The van der Waals surface area contributed by atoms with Gasteiger partial charge < -0.3 is 0 Å². The fourth-order valence-electron chi connectivity index (χ4n) is 3.85. The van der Waals surface area contributed by atoms with Crippen LogP contribution in [0.4, 0.5) is 0 Å². The number of allylic oxidation sites excluding steroid dienone is 2. The summed E-state index contributed by atoms with van der Waals surface area (Å²) in [7, 11) is 0. The van der Waals surface area contributed by atoms with Gasteiger partial charge in [0.1, 0.15) is 0 Å². The van der Waals surface area contributed by atoms with E-state index in [1.54, 1.807) is 0 Å². The molecule has 0 N–H and O–H groups in total. The lowest BCUT2D eigenvalue weighted by molar-refractivity contribution is 0.307. The average molecular weight is 183 g/mol. The van der Waals surface area contributed by atoms with Crippen molar-refractivity contribution >= 4 is 11.6 Å². The van der Waals surface area contributed by atoms with Crippen molar-refractivity contribution in [3.05, 3.63) is 12.2 Å². The van der Waals surface area contributed by atoms with Crippen LogP contribution in [0.5, 0.6) is 0 Å². The highest BCUT2D eigenvalue weighted by Crippen LogP contribution is 2.57. The zero-order valence-electron chi connectivity index (χ0n) is 7.25.